The van der Waals surface area contributed by atoms with E-state index in [9.17, 15) is 9.90 Å². The van der Waals surface area contributed by atoms with Gasteiger partial charge in [-0.3, -0.25) is 4.79 Å². The summed E-state index contributed by atoms with van der Waals surface area (Å²) < 4.78 is 0. The first-order valence-corrected chi connectivity index (χ1v) is 9.74. The number of allylic oxidation sites excluding steroid dienone is 1. The Kier molecular flexibility index (Phi) is 3.39. The number of aromatic amines is 1. The molecule has 1 fully saturated rings. The van der Waals surface area contributed by atoms with Crippen LogP contribution < -0.4 is 0 Å². The third-order valence-electron chi connectivity index (χ3n) is 7.11. The summed E-state index contributed by atoms with van der Waals surface area (Å²) in [5.41, 5.74) is 6.15. The summed E-state index contributed by atoms with van der Waals surface area (Å²) in [6, 6.07) is 6.74. The smallest absolute Gasteiger partial charge is 0.157 e. The molecule has 136 valence electrons. The zero-order valence-electron chi connectivity index (χ0n) is 15.6. The van der Waals surface area contributed by atoms with E-state index in [0.717, 1.165) is 18.5 Å². The van der Waals surface area contributed by atoms with Gasteiger partial charge in [-0.25, -0.2) is 0 Å². The number of aryl methyl sites for hydroxylation is 1. The molecule has 0 bridgehead atoms. The van der Waals surface area contributed by atoms with Crippen molar-refractivity contribution in [3.05, 3.63) is 46.8 Å². The lowest BCUT2D eigenvalue weighted by Gasteiger charge is -2.46. The average molecular weight is 350 g/mol. The van der Waals surface area contributed by atoms with Gasteiger partial charge in [0.2, 0.25) is 0 Å². The highest BCUT2D eigenvalue weighted by atomic mass is 16.3. The molecule has 4 nitrogen and oxygen atoms in total. The van der Waals surface area contributed by atoms with E-state index >= 15 is 0 Å². The molecule has 4 heteroatoms. The van der Waals surface area contributed by atoms with Crippen molar-refractivity contribution in [3.63, 3.8) is 0 Å². The van der Waals surface area contributed by atoms with Crippen LogP contribution in [0.2, 0.25) is 0 Å². The van der Waals surface area contributed by atoms with Gasteiger partial charge in [0.25, 0.3) is 0 Å². The first kappa shape index (κ1) is 16.1. The van der Waals surface area contributed by atoms with Crippen molar-refractivity contribution >= 4 is 16.7 Å². The van der Waals surface area contributed by atoms with E-state index in [0.29, 0.717) is 6.42 Å². The second-order valence-electron chi connectivity index (χ2n) is 8.43. The Morgan fingerprint density at radius 2 is 2.15 bits per heavy atom. The number of aliphatic hydroxyl groups is 1. The van der Waals surface area contributed by atoms with Gasteiger partial charge in [0.15, 0.2) is 5.78 Å². The van der Waals surface area contributed by atoms with Crippen LogP contribution in [0.15, 0.2) is 30.0 Å². The number of rotatable bonds is 1. The van der Waals surface area contributed by atoms with Crippen LogP contribution in [-0.2, 0) is 11.2 Å². The van der Waals surface area contributed by atoms with Gasteiger partial charge < -0.3 is 15.0 Å². The van der Waals surface area contributed by atoms with Crippen LogP contribution in [0.3, 0.4) is 0 Å². The van der Waals surface area contributed by atoms with Crippen LogP contribution in [0.25, 0.3) is 10.9 Å². The van der Waals surface area contributed by atoms with E-state index in [-0.39, 0.29) is 35.7 Å². The molecule has 0 saturated heterocycles. The average Bonchev–Trinajstić information content (AvgIpc) is 3.13. The molecule has 3 heterocycles. The fourth-order valence-electron chi connectivity index (χ4n) is 5.79. The fraction of sp³-hybridized carbons (Fsp3) is 0.500. The Morgan fingerprint density at radius 3 is 2.92 bits per heavy atom. The highest BCUT2D eigenvalue weighted by molar-refractivity contribution is 5.94. The predicted octanol–water partition coefficient (Wildman–Crippen LogP) is 3.50. The molecular formula is C22H26N2O2. The van der Waals surface area contributed by atoms with E-state index in [4.69, 9.17) is 0 Å². The molecule has 0 unspecified atom stereocenters. The van der Waals surface area contributed by atoms with E-state index in [2.05, 4.69) is 48.1 Å². The Labute approximate surface area is 153 Å². The summed E-state index contributed by atoms with van der Waals surface area (Å²) in [4.78, 5) is 18.4. The third kappa shape index (κ3) is 2.02. The van der Waals surface area contributed by atoms with Crippen LogP contribution in [0, 0.1) is 24.7 Å². The molecule has 1 aromatic carbocycles. The van der Waals surface area contributed by atoms with Crippen LogP contribution in [0.5, 0.6) is 0 Å². The second-order valence-corrected chi connectivity index (χ2v) is 8.43. The number of aliphatic hydroxyl groups excluding tert-OH is 1. The third-order valence-corrected chi connectivity index (χ3v) is 7.11. The number of para-hydroxylation sites is 1. The number of aromatic nitrogens is 1. The lowest BCUT2D eigenvalue weighted by Crippen LogP contribution is -2.44. The standard InChI is InChI=1S/C22H26N2O2/c1-11-5-4-6-14-15-7-8-24-10-17(13(3)25)16-9-18(26)12(2)19(16)22(24)21(15)23-20(11)14/h4-6,10,12,16,18-19,22-23,26H,7-9H2,1-3H3/t12-,16+,18-,19+,22-/m0/s1. The maximum Gasteiger partial charge on any atom is 0.157 e. The normalized spacial score (nSPS) is 32.8. The molecule has 3 aliphatic rings. The molecule has 0 spiro atoms. The van der Waals surface area contributed by atoms with Gasteiger partial charge in [-0.1, -0.05) is 25.1 Å². The van der Waals surface area contributed by atoms with Crippen molar-refractivity contribution in [2.45, 2.75) is 45.8 Å². The van der Waals surface area contributed by atoms with Crippen molar-refractivity contribution in [1.29, 1.82) is 0 Å². The number of H-pyrrole nitrogens is 1. The molecule has 5 rings (SSSR count). The van der Waals surface area contributed by atoms with Gasteiger partial charge in [-0.05, 0) is 55.6 Å². The van der Waals surface area contributed by atoms with E-state index in [1.165, 1.54) is 27.7 Å². The summed E-state index contributed by atoms with van der Waals surface area (Å²) in [7, 11) is 0. The van der Waals surface area contributed by atoms with Crippen LogP contribution in [-0.4, -0.2) is 33.4 Å². The van der Waals surface area contributed by atoms with E-state index in [1.54, 1.807) is 6.92 Å². The summed E-state index contributed by atoms with van der Waals surface area (Å²) >= 11 is 0. The quantitative estimate of drug-likeness (QED) is 0.828. The summed E-state index contributed by atoms with van der Waals surface area (Å²) in [5, 5.41) is 11.9. The van der Waals surface area contributed by atoms with Gasteiger partial charge in [0.05, 0.1) is 12.1 Å². The van der Waals surface area contributed by atoms with Gasteiger partial charge in [0.1, 0.15) is 0 Å². The fourth-order valence-corrected chi connectivity index (χ4v) is 5.79. The topological polar surface area (TPSA) is 56.3 Å². The maximum absolute atomic E-state index is 12.3. The van der Waals surface area contributed by atoms with Gasteiger partial charge in [-0.2, -0.15) is 0 Å². The van der Waals surface area contributed by atoms with Gasteiger partial charge in [0, 0.05) is 34.9 Å². The van der Waals surface area contributed by atoms with Crippen LogP contribution in [0.1, 0.15) is 43.1 Å². The number of carbonyl (C=O) groups is 1. The van der Waals surface area contributed by atoms with Crippen LogP contribution >= 0.6 is 0 Å². The number of hydrogen-bond acceptors (Lipinski definition) is 3. The monoisotopic (exact) mass is 350 g/mol. The molecule has 1 aliphatic carbocycles. The SMILES string of the molecule is CC(=O)C1=CN2CCc3c([nH]c4c(C)cccc34)[C@@H]2[C@@H]2[C@@H](C)[C@@H](O)C[C@H]12. The number of carbonyl (C=O) groups excluding carboxylic acids is 1. The lowest BCUT2D eigenvalue weighted by atomic mass is 9.73. The molecule has 26 heavy (non-hydrogen) atoms. The molecule has 0 radical (unpaired) electrons. The molecule has 0 amide bonds. The predicted molar refractivity (Wildman–Crippen MR) is 102 cm³/mol. The second kappa shape index (κ2) is 5.46. The molecular weight excluding hydrogens is 324 g/mol. The van der Waals surface area contributed by atoms with Crippen LogP contribution in [0.4, 0.5) is 0 Å². The first-order chi connectivity index (χ1) is 12.5. The maximum atomic E-state index is 12.3. The number of fused-ring (bicyclic) bond motifs is 7. The van der Waals surface area contributed by atoms with Crippen molar-refractivity contribution in [2.24, 2.45) is 17.8 Å². The summed E-state index contributed by atoms with van der Waals surface area (Å²) in [6.45, 7) is 6.90. The minimum absolute atomic E-state index is 0.151. The molecule has 2 aliphatic heterocycles. The Bertz CT molecular complexity index is 941. The minimum Gasteiger partial charge on any atom is -0.393 e. The molecule has 2 aromatic rings. The zero-order valence-corrected chi connectivity index (χ0v) is 15.6. The highest BCUT2D eigenvalue weighted by Gasteiger charge is 2.52. The van der Waals surface area contributed by atoms with Crippen molar-refractivity contribution < 1.29 is 9.90 Å². The molecule has 1 saturated carbocycles. The van der Waals surface area contributed by atoms with Gasteiger partial charge >= 0.3 is 0 Å². The Balaban J connectivity index is 1.71. The highest BCUT2D eigenvalue weighted by Crippen LogP contribution is 2.54. The largest absolute Gasteiger partial charge is 0.393 e. The Morgan fingerprint density at radius 1 is 1.35 bits per heavy atom. The number of benzene rings is 1. The van der Waals surface area contributed by atoms with Crippen molar-refractivity contribution in [3.8, 4) is 0 Å². The number of ketones is 1. The lowest BCUT2D eigenvalue weighted by molar-refractivity contribution is -0.114. The molecule has 5 atom stereocenters. The zero-order chi connectivity index (χ0) is 18.2. The van der Waals surface area contributed by atoms with Crippen molar-refractivity contribution in [2.75, 3.05) is 6.54 Å². The molecule has 1 aromatic heterocycles. The first-order valence-electron chi connectivity index (χ1n) is 9.74. The minimum atomic E-state index is -0.329. The van der Waals surface area contributed by atoms with Crippen molar-refractivity contribution in [1.82, 2.24) is 9.88 Å². The van der Waals surface area contributed by atoms with E-state index < -0.39 is 0 Å². The van der Waals surface area contributed by atoms with E-state index in [1.807, 2.05) is 0 Å². The number of Topliss-reactive ketones (excluding diaryl/α,β-unsaturated/α-hetero) is 1. The number of hydrogen-bond donors (Lipinski definition) is 2. The number of nitrogens with one attached hydrogen (secondary N) is 1. The van der Waals surface area contributed by atoms with Gasteiger partial charge in [-0.15, -0.1) is 0 Å². The molecule has 2 N–H and O–H groups in total. The number of nitrogens with zero attached hydrogens (tertiary/aromatic N) is 1. The summed E-state index contributed by atoms with van der Waals surface area (Å²) in [5.74, 6) is 0.783. The Hall–Kier alpha value is -2.07. The summed E-state index contributed by atoms with van der Waals surface area (Å²) in [6.07, 6.45) is 3.46.